The first-order valence-electron chi connectivity index (χ1n) is 5.66. The van der Waals surface area contributed by atoms with Gasteiger partial charge in [0.15, 0.2) is 0 Å². The number of aliphatic carboxylic acids is 1. The van der Waals surface area contributed by atoms with E-state index in [1.165, 1.54) is 4.90 Å². The van der Waals surface area contributed by atoms with Gasteiger partial charge in [0.1, 0.15) is 5.54 Å². The lowest BCUT2D eigenvalue weighted by Crippen LogP contribution is -2.55. The zero-order valence-electron chi connectivity index (χ0n) is 9.76. The lowest BCUT2D eigenvalue weighted by atomic mass is 9.83. The van der Waals surface area contributed by atoms with Gasteiger partial charge in [-0.25, -0.2) is 0 Å². The Hall–Kier alpha value is -1.08. The molecule has 1 saturated heterocycles. The summed E-state index contributed by atoms with van der Waals surface area (Å²) in [4.78, 5) is 24.1. The number of hydrogen-bond donors (Lipinski definition) is 3. The molecule has 1 heterocycles. The highest BCUT2D eigenvalue weighted by Gasteiger charge is 2.50. The van der Waals surface area contributed by atoms with Gasteiger partial charge in [0.25, 0.3) is 0 Å². The van der Waals surface area contributed by atoms with E-state index in [2.05, 4.69) is 0 Å². The first-order valence-corrected chi connectivity index (χ1v) is 5.66. The number of hydrogen-bond acceptors (Lipinski definition) is 4. The van der Waals surface area contributed by atoms with E-state index in [1.54, 1.807) is 0 Å². The van der Waals surface area contributed by atoms with Crippen molar-refractivity contribution >= 4 is 19.7 Å². The molecule has 6 nitrogen and oxygen atoms in total. The maximum absolute atomic E-state index is 11.5. The summed E-state index contributed by atoms with van der Waals surface area (Å²) in [7, 11) is 5.40. The summed E-state index contributed by atoms with van der Waals surface area (Å²) in [6.07, 6.45) is 1.78. The van der Waals surface area contributed by atoms with Crippen LogP contribution in [0.2, 0.25) is 6.32 Å². The van der Waals surface area contributed by atoms with Crippen LogP contribution in [0, 0.1) is 5.92 Å². The minimum Gasteiger partial charge on any atom is -0.480 e. The minimum atomic E-state index is -1.38. The predicted molar refractivity (Wildman–Crippen MR) is 63.5 cm³/mol. The van der Waals surface area contributed by atoms with E-state index < -0.39 is 11.5 Å². The summed E-state index contributed by atoms with van der Waals surface area (Å²) >= 11 is 0. The van der Waals surface area contributed by atoms with Gasteiger partial charge in [-0.2, -0.15) is 0 Å². The van der Waals surface area contributed by atoms with Gasteiger partial charge in [-0.1, -0.05) is 12.7 Å². The highest BCUT2D eigenvalue weighted by molar-refractivity contribution is 6.08. The molecule has 1 aliphatic rings. The van der Waals surface area contributed by atoms with E-state index in [0.29, 0.717) is 25.7 Å². The summed E-state index contributed by atoms with van der Waals surface area (Å²) in [5.74, 6) is -1.61. The molecule has 0 spiro atoms. The van der Waals surface area contributed by atoms with Crippen LogP contribution < -0.4 is 11.5 Å². The van der Waals surface area contributed by atoms with Crippen LogP contribution >= 0.6 is 0 Å². The van der Waals surface area contributed by atoms with Crippen LogP contribution in [0.5, 0.6) is 0 Å². The smallest absolute Gasteiger partial charge is 0.325 e. The highest BCUT2D eigenvalue weighted by atomic mass is 16.4. The summed E-state index contributed by atoms with van der Waals surface area (Å²) in [5, 5.41) is 9.19. The van der Waals surface area contributed by atoms with Gasteiger partial charge in [-0.3, -0.25) is 9.59 Å². The Morgan fingerprint density at radius 2 is 2.18 bits per heavy atom. The van der Waals surface area contributed by atoms with E-state index in [1.807, 2.05) is 0 Å². The molecule has 7 heteroatoms. The molecular formula is C10H18BN3O3. The lowest BCUT2D eigenvalue weighted by Gasteiger charge is -2.25. The number of nitrogens with zero attached hydrogens (tertiary/aromatic N) is 1. The second-order valence-electron chi connectivity index (χ2n) is 4.45. The SMILES string of the molecule is [B]CCC[C@H]1CN(C(=O)CN)C[C@@]1(N)C(=O)O. The average molecular weight is 239 g/mol. The van der Waals surface area contributed by atoms with E-state index in [0.717, 1.165) is 0 Å². The Kier molecular flexibility index (Phi) is 4.53. The topological polar surface area (TPSA) is 110 Å². The van der Waals surface area contributed by atoms with Crippen molar-refractivity contribution in [2.45, 2.75) is 24.7 Å². The summed E-state index contributed by atoms with van der Waals surface area (Å²) in [5.41, 5.74) is 9.78. The molecule has 1 aliphatic heterocycles. The van der Waals surface area contributed by atoms with Crippen LogP contribution in [0.3, 0.4) is 0 Å². The molecule has 17 heavy (non-hydrogen) atoms. The van der Waals surface area contributed by atoms with Gasteiger partial charge >= 0.3 is 5.97 Å². The molecule has 0 aromatic heterocycles. The molecule has 5 N–H and O–H groups in total. The van der Waals surface area contributed by atoms with Crippen molar-refractivity contribution in [1.82, 2.24) is 4.90 Å². The van der Waals surface area contributed by atoms with Gasteiger partial charge in [-0.15, -0.1) is 0 Å². The number of carbonyl (C=O) groups is 2. The van der Waals surface area contributed by atoms with E-state index >= 15 is 0 Å². The third-order valence-corrected chi connectivity index (χ3v) is 3.30. The van der Waals surface area contributed by atoms with Crippen molar-refractivity contribution in [2.75, 3.05) is 19.6 Å². The van der Waals surface area contributed by atoms with Crippen molar-refractivity contribution in [2.24, 2.45) is 17.4 Å². The van der Waals surface area contributed by atoms with Crippen molar-refractivity contribution in [3.8, 4) is 0 Å². The zero-order valence-corrected chi connectivity index (χ0v) is 9.76. The number of carboxylic acid groups (broad SMARTS) is 1. The first-order chi connectivity index (χ1) is 7.95. The molecule has 2 radical (unpaired) electrons. The number of likely N-dealkylation sites (tertiary alicyclic amines) is 1. The maximum Gasteiger partial charge on any atom is 0.325 e. The molecule has 0 bridgehead atoms. The number of amides is 1. The lowest BCUT2D eigenvalue weighted by molar-refractivity contribution is -0.144. The van der Waals surface area contributed by atoms with E-state index in [9.17, 15) is 14.7 Å². The Morgan fingerprint density at radius 3 is 2.65 bits per heavy atom. The summed E-state index contributed by atoms with van der Waals surface area (Å²) < 4.78 is 0. The molecule has 0 saturated carbocycles. The summed E-state index contributed by atoms with van der Waals surface area (Å²) in [6.45, 7) is 0.242. The summed E-state index contributed by atoms with van der Waals surface area (Å²) in [6, 6.07) is 0. The minimum absolute atomic E-state index is 0.0214. The van der Waals surface area contributed by atoms with Crippen LogP contribution in [0.15, 0.2) is 0 Å². The quantitative estimate of drug-likeness (QED) is 0.508. The first kappa shape index (κ1) is 14.0. The third-order valence-electron chi connectivity index (χ3n) is 3.30. The van der Waals surface area contributed by atoms with Gasteiger partial charge in [0.05, 0.1) is 14.4 Å². The second kappa shape index (κ2) is 5.51. The zero-order chi connectivity index (χ0) is 13.1. The Balaban J connectivity index is 2.79. The molecule has 2 atom stereocenters. The molecule has 0 aromatic rings. The van der Waals surface area contributed by atoms with Crippen molar-refractivity contribution < 1.29 is 14.7 Å². The van der Waals surface area contributed by atoms with Crippen LogP contribution in [0.25, 0.3) is 0 Å². The largest absolute Gasteiger partial charge is 0.480 e. The van der Waals surface area contributed by atoms with Crippen molar-refractivity contribution in [3.05, 3.63) is 0 Å². The van der Waals surface area contributed by atoms with Gasteiger partial charge in [0.2, 0.25) is 5.91 Å². The van der Waals surface area contributed by atoms with Crippen LogP contribution in [0.1, 0.15) is 12.8 Å². The second-order valence-corrected chi connectivity index (χ2v) is 4.45. The maximum atomic E-state index is 11.5. The molecule has 94 valence electrons. The molecule has 1 amide bonds. The number of carbonyl (C=O) groups excluding carboxylic acids is 1. The van der Waals surface area contributed by atoms with E-state index in [-0.39, 0.29) is 24.9 Å². The highest BCUT2D eigenvalue weighted by Crippen LogP contribution is 2.30. The number of rotatable bonds is 5. The monoisotopic (exact) mass is 239 g/mol. The molecule has 0 aliphatic carbocycles. The Labute approximate surface area is 102 Å². The number of nitrogens with two attached hydrogens (primary N) is 2. The van der Waals surface area contributed by atoms with Gasteiger partial charge in [-0.05, 0) is 6.42 Å². The fourth-order valence-electron chi connectivity index (χ4n) is 2.21. The van der Waals surface area contributed by atoms with Crippen LogP contribution in [-0.2, 0) is 9.59 Å². The van der Waals surface area contributed by atoms with Crippen LogP contribution in [0.4, 0.5) is 0 Å². The normalized spacial score (nSPS) is 28.4. The Morgan fingerprint density at radius 1 is 1.53 bits per heavy atom. The average Bonchev–Trinajstić information content (AvgIpc) is 2.64. The molecule has 1 rings (SSSR count). The standard InChI is InChI=1S/C10H18BN3O3/c11-3-1-2-7-5-14(8(15)4-12)6-10(7,13)9(16)17/h7H,1-6,12-13H2,(H,16,17)/t7-,10-/m0/s1. The molecule has 1 fully saturated rings. The van der Waals surface area contributed by atoms with Crippen molar-refractivity contribution in [1.29, 1.82) is 0 Å². The van der Waals surface area contributed by atoms with Gasteiger partial charge in [0, 0.05) is 19.0 Å². The molecule has 0 unspecified atom stereocenters. The van der Waals surface area contributed by atoms with E-state index in [4.69, 9.17) is 19.3 Å². The fraction of sp³-hybridized carbons (Fsp3) is 0.800. The third kappa shape index (κ3) is 2.78. The molecular weight excluding hydrogens is 221 g/mol. The molecule has 0 aromatic carbocycles. The Bertz CT molecular complexity index is 313. The number of carboxylic acids is 1. The van der Waals surface area contributed by atoms with Gasteiger partial charge < -0.3 is 21.5 Å². The fourth-order valence-corrected chi connectivity index (χ4v) is 2.21. The predicted octanol–water partition coefficient (Wildman–Crippen LogP) is -1.45. The van der Waals surface area contributed by atoms with Crippen LogP contribution in [-0.4, -0.2) is 54.9 Å². The van der Waals surface area contributed by atoms with Crippen molar-refractivity contribution in [3.63, 3.8) is 0 Å².